The van der Waals surface area contributed by atoms with E-state index in [1.54, 1.807) is 0 Å². The lowest BCUT2D eigenvalue weighted by atomic mass is 9.78. The van der Waals surface area contributed by atoms with Crippen molar-refractivity contribution < 1.29 is 4.74 Å². The number of hydrogen-bond donors (Lipinski definition) is 1. The van der Waals surface area contributed by atoms with Gasteiger partial charge in [0.25, 0.3) is 0 Å². The summed E-state index contributed by atoms with van der Waals surface area (Å²) in [5.74, 6) is 1.60. The van der Waals surface area contributed by atoms with Crippen LogP contribution in [-0.4, -0.2) is 29.7 Å². The van der Waals surface area contributed by atoms with Crippen molar-refractivity contribution in [3.05, 3.63) is 0 Å². The Morgan fingerprint density at radius 1 is 1.17 bits per heavy atom. The van der Waals surface area contributed by atoms with E-state index in [-0.39, 0.29) is 11.1 Å². The number of ether oxygens (including phenoxy) is 1. The first-order chi connectivity index (χ1) is 8.45. The second-order valence-corrected chi connectivity index (χ2v) is 7.28. The maximum Gasteiger partial charge on any atom is 0.0708 e. The Kier molecular flexibility index (Phi) is 4.61. The van der Waals surface area contributed by atoms with E-state index in [0.29, 0.717) is 6.10 Å². The average Bonchev–Trinajstić information content (AvgIpc) is 2.69. The van der Waals surface area contributed by atoms with Crippen LogP contribution in [0.4, 0.5) is 0 Å². The highest BCUT2D eigenvalue weighted by Crippen LogP contribution is 2.34. The van der Waals surface area contributed by atoms with Crippen LogP contribution in [0.25, 0.3) is 0 Å². The van der Waals surface area contributed by atoms with Crippen LogP contribution in [0.3, 0.4) is 0 Å². The van der Waals surface area contributed by atoms with Crippen LogP contribution in [0.15, 0.2) is 0 Å². The minimum Gasteiger partial charge on any atom is -0.371 e. The summed E-state index contributed by atoms with van der Waals surface area (Å²) in [7, 11) is 0. The van der Waals surface area contributed by atoms with Gasteiger partial charge in [-0.25, -0.2) is 0 Å². The van der Waals surface area contributed by atoms with Gasteiger partial charge >= 0.3 is 0 Å². The molecule has 1 atom stereocenters. The zero-order chi connectivity index (χ0) is 13.2. The van der Waals surface area contributed by atoms with Gasteiger partial charge in [0.15, 0.2) is 0 Å². The number of hydrogen-bond acceptors (Lipinski definition) is 2. The van der Waals surface area contributed by atoms with Gasteiger partial charge in [0, 0.05) is 18.0 Å². The standard InChI is InChI=1S/C15H28ClNO/c1-12-4-8-15(11-16,9-5-12)17-10-13-6-7-14(2,3)18-13/h12-13,17H,4-11H2,1-3H3. The summed E-state index contributed by atoms with van der Waals surface area (Å²) in [6.07, 6.45) is 7.76. The van der Waals surface area contributed by atoms with Crippen LogP contribution in [0.1, 0.15) is 59.3 Å². The van der Waals surface area contributed by atoms with Crippen LogP contribution in [0, 0.1) is 5.92 Å². The predicted molar refractivity (Wildman–Crippen MR) is 77.3 cm³/mol. The normalized spacial score (nSPS) is 40.0. The van der Waals surface area contributed by atoms with Crippen LogP contribution >= 0.6 is 11.6 Å². The highest BCUT2D eigenvalue weighted by molar-refractivity contribution is 6.18. The summed E-state index contributed by atoms with van der Waals surface area (Å²) in [6.45, 7) is 7.69. The second kappa shape index (κ2) is 5.68. The highest BCUT2D eigenvalue weighted by atomic mass is 35.5. The fraction of sp³-hybridized carbons (Fsp3) is 1.00. The first-order valence-electron chi connectivity index (χ1n) is 7.44. The minimum atomic E-state index is 0.0710. The molecule has 1 unspecified atom stereocenters. The third-order valence-electron chi connectivity index (χ3n) is 4.75. The zero-order valence-electron chi connectivity index (χ0n) is 12.1. The average molecular weight is 274 g/mol. The van der Waals surface area contributed by atoms with Crippen molar-refractivity contribution in [2.75, 3.05) is 12.4 Å². The van der Waals surface area contributed by atoms with E-state index < -0.39 is 0 Å². The number of nitrogens with one attached hydrogen (secondary N) is 1. The van der Waals surface area contributed by atoms with E-state index in [2.05, 4.69) is 26.1 Å². The molecule has 0 spiro atoms. The van der Waals surface area contributed by atoms with Gasteiger partial charge in [0.05, 0.1) is 11.7 Å². The molecule has 1 saturated carbocycles. The topological polar surface area (TPSA) is 21.3 Å². The Balaban J connectivity index is 1.81. The van der Waals surface area contributed by atoms with Gasteiger partial charge in [-0.05, 0) is 58.3 Å². The van der Waals surface area contributed by atoms with Crippen molar-refractivity contribution in [1.29, 1.82) is 0 Å². The van der Waals surface area contributed by atoms with Gasteiger partial charge in [-0.3, -0.25) is 0 Å². The molecule has 0 aromatic heterocycles. The van der Waals surface area contributed by atoms with Gasteiger partial charge in [-0.2, -0.15) is 0 Å². The molecule has 0 aromatic rings. The lowest BCUT2D eigenvalue weighted by Crippen LogP contribution is -2.51. The maximum atomic E-state index is 6.22. The fourth-order valence-corrected chi connectivity index (χ4v) is 3.59. The van der Waals surface area contributed by atoms with Crippen LogP contribution in [-0.2, 0) is 4.74 Å². The molecule has 2 fully saturated rings. The zero-order valence-corrected chi connectivity index (χ0v) is 12.9. The van der Waals surface area contributed by atoms with Crippen LogP contribution in [0.2, 0.25) is 0 Å². The van der Waals surface area contributed by atoms with Gasteiger partial charge in [0.2, 0.25) is 0 Å². The summed E-state index contributed by atoms with van der Waals surface area (Å²) >= 11 is 6.22. The molecule has 0 amide bonds. The summed E-state index contributed by atoms with van der Waals surface area (Å²) in [4.78, 5) is 0. The largest absolute Gasteiger partial charge is 0.371 e. The van der Waals surface area contributed by atoms with Crippen molar-refractivity contribution in [3.63, 3.8) is 0 Å². The summed E-state index contributed by atoms with van der Waals surface area (Å²) < 4.78 is 6.04. The molecule has 1 aliphatic heterocycles. The SMILES string of the molecule is CC1CCC(CCl)(NCC2CCC(C)(C)O2)CC1. The van der Waals surface area contributed by atoms with E-state index in [9.17, 15) is 0 Å². The molecule has 2 nitrogen and oxygen atoms in total. The van der Waals surface area contributed by atoms with Gasteiger partial charge in [-0.1, -0.05) is 6.92 Å². The van der Waals surface area contributed by atoms with Crippen molar-refractivity contribution in [2.24, 2.45) is 5.92 Å². The predicted octanol–water partition coefficient (Wildman–Crippen LogP) is 3.72. The monoisotopic (exact) mass is 273 g/mol. The van der Waals surface area contributed by atoms with Crippen molar-refractivity contribution in [1.82, 2.24) is 5.32 Å². The van der Waals surface area contributed by atoms with Crippen LogP contribution in [0.5, 0.6) is 0 Å². The maximum absolute atomic E-state index is 6.22. The third kappa shape index (κ3) is 3.61. The molecule has 1 aliphatic carbocycles. The molecule has 2 aliphatic rings. The van der Waals surface area contributed by atoms with Crippen LogP contribution < -0.4 is 5.32 Å². The molecule has 2 rings (SSSR count). The first kappa shape index (κ1) is 14.6. The molecule has 18 heavy (non-hydrogen) atoms. The molecule has 3 heteroatoms. The van der Waals surface area contributed by atoms with E-state index >= 15 is 0 Å². The van der Waals surface area contributed by atoms with E-state index in [0.717, 1.165) is 18.3 Å². The molecule has 0 bridgehead atoms. The van der Waals surface area contributed by atoms with Gasteiger partial charge in [0.1, 0.15) is 0 Å². The van der Waals surface area contributed by atoms with Crippen molar-refractivity contribution in [3.8, 4) is 0 Å². The van der Waals surface area contributed by atoms with Crippen molar-refractivity contribution >= 4 is 11.6 Å². The Morgan fingerprint density at radius 3 is 2.33 bits per heavy atom. The molecular formula is C15H28ClNO. The molecule has 1 saturated heterocycles. The second-order valence-electron chi connectivity index (χ2n) is 7.02. The number of rotatable bonds is 4. The third-order valence-corrected chi connectivity index (χ3v) is 5.26. The fourth-order valence-electron chi connectivity index (χ4n) is 3.22. The molecule has 0 aromatic carbocycles. The Bertz CT molecular complexity index is 272. The Labute approximate surface area is 117 Å². The van der Waals surface area contributed by atoms with E-state index in [4.69, 9.17) is 16.3 Å². The quantitative estimate of drug-likeness (QED) is 0.789. The highest BCUT2D eigenvalue weighted by Gasteiger charge is 2.36. The van der Waals surface area contributed by atoms with Gasteiger partial charge in [-0.15, -0.1) is 11.6 Å². The minimum absolute atomic E-state index is 0.0710. The lowest BCUT2D eigenvalue weighted by Gasteiger charge is -2.39. The number of alkyl halides is 1. The Hall–Kier alpha value is 0.210. The molecule has 1 N–H and O–H groups in total. The van der Waals surface area contributed by atoms with E-state index in [1.165, 1.54) is 38.5 Å². The summed E-state index contributed by atoms with van der Waals surface area (Å²) in [5.41, 5.74) is 0.242. The summed E-state index contributed by atoms with van der Waals surface area (Å²) in [5, 5.41) is 3.73. The summed E-state index contributed by atoms with van der Waals surface area (Å²) in [6, 6.07) is 0. The number of halogens is 1. The molecule has 0 radical (unpaired) electrons. The van der Waals surface area contributed by atoms with Crippen molar-refractivity contribution in [2.45, 2.75) is 76.5 Å². The lowest BCUT2D eigenvalue weighted by molar-refractivity contribution is -0.0179. The van der Waals surface area contributed by atoms with Gasteiger partial charge < -0.3 is 10.1 Å². The van der Waals surface area contributed by atoms with E-state index in [1.807, 2.05) is 0 Å². The molecule has 1 heterocycles. The first-order valence-corrected chi connectivity index (χ1v) is 7.97. The molecule has 106 valence electrons. The Morgan fingerprint density at radius 2 is 1.83 bits per heavy atom. The molecular weight excluding hydrogens is 246 g/mol. The smallest absolute Gasteiger partial charge is 0.0708 e.